The molecule has 1 spiro atoms. The van der Waals surface area contributed by atoms with Crippen LogP contribution in [0.4, 0.5) is 5.69 Å². The number of likely N-dealkylation sites (tertiary alicyclic amines) is 1. The van der Waals surface area contributed by atoms with Crippen molar-refractivity contribution in [1.82, 2.24) is 10.2 Å². The molecule has 188 valence electrons. The van der Waals surface area contributed by atoms with Gasteiger partial charge in [-0.15, -0.1) is 0 Å². The number of thioether (sulfide) groups is 1. The van der Waals surface area contributed by atoms with E-state index < -0.39 is 23.3 Å². The molecule has 3 amide bonds. The minimum atomic E-state index is -1.41. The molecule has 3 aliphatic heterocycles. The number of para-hydroxylation sites is 1. The lowest BCUT2D eigenvalue weighted by molar-refractivity contribution is -0.144. The number of nitrogens with one attached hydrogen (secondary N) is 1. The van der Waals surface area contributed by atoms with Crippen LogP contribution in [0.1, 0.15) is 24.5 Å². The van der Waals surface area contributed by atoms with Crippen LogP contribution in [0.5, 0.6) is 0 Å². The first-order chi connectivity index (χ1) is 17.4. The van der Waals surface area contributed by atoms with Gasteiger partial charge in [0.25, 0.3) is 5.91 Å². The smallest absolute Gasteiger partial charge is 0.326 e. The quantitative estimate of drug-likeness (QED) is 0.433. The van der Waals surface area contributed by atoms with Crippen LogP contribution in [0, 0.1) is 11.8 Å². The van der Waals surface area contributed by atoms with Gasteiger partial charge in [0.2, 0.25) is 11.8 Å². The number of carbonyl (C=O) groups is 4. The first kappa shape index (κ1) is 24.5. The van der Waals surface area contributed by atoms with Crippen molar-refractivity contribution in [3.8, 4) is 0 Å². The van der Waals surface area contributed by atoms with Gasteiger partial charge in [0, 0.05) is 17.3 Å². The van der Waals surface area contributed by atoms with E-state index >= 15 is 0 Å². The number of fused-ring (bicyclic) bond motifs is 4. The number of imide groups is 1. The Bertz CT molecular complexity index is 1200. The minimum Gasteiger partial charge on any atom is -0.465 e. The Morgan fingerprint density at radius 2 is 1.75 bits per heavy atom. The number of hydrogen-bond acceptors (Lipinski definition) is 7. The lowest BCUT2D eigenvalue weighted by atomic mass is 9.76. The molecule has 0 bridgehead atoms. The number of anilines is 1. The van der Waals surface area contributed by atoms with E-state index in [1.54, 1.807) is 30.8 Å². The zero-order chi connectivity index (χ0) is 25.4. The van der Waals surface area contributed by atoms with Gasteiger partial charge < -0.3 is 4.74 Å². The molecule has 36 heavy (non-hydrogen) atoms. The molecule has 2 aromatic rings. The number of benzene rings is 2. The van der Waals surface area contributed by atoms with E-state index in [1.165, 1.54) is 9.80 Å². The lowest BCUT2D eigenvalue weighted by Crippen LogP contribution is -2.55. The second-order valence-corrected chi connectivity index (χ2v) is 10.3. The first-order valence-corrected chi connectivity index (χ1v) is 13.6. The lowest BCUT2D eigenvalue weighted by Gasteiger charge is -2.30. The summed E-state index contributed by atoms with van der Waals surface area (Å²) in [6, 6.07) is 16.2. The summed E-state index contributed by atoms with van der Waals surface area (Å²) in [5.41, 5.74) is 0.635. The maximum Gasteiger partial charge on any atom is 0.326 e. The third-order valence-electron chi connectivity index (χ3n) is 7.37. The molecular weight excluding hydrogens is 478 g/mol. The standard InChI is InChI=1S/C27H29N3O5S/c1-3-35-21(31)16-29-20-12-8-7-11-18(20)27(26(29)34)23-22(19(28-27)13-14-36-2)24(32)30(25(23)33)15-17-9-5-4-6-10-17/h4-12,19,22-23,28H,3,13-16H2,1-2H3/t19-,22-,23+,27+/m1/s1. The third-order valence-corrected chi connectivity index (χ3v) is 8.01. The summed E-state index contributed by atoms with van der Waals surface area (Å²) in [6.07, 6.45) is 2.62. The van der Waals surface area contributed by atoms with Crippen LogP contribution in [0.3, 0.4) is 0 Å². The highest BCUT2D eigenvalue weighted by atomic mass is 32.2. The largest absolute Gasteiger partial charge is 0.465 e. The maximum absolute atomic E-state index is 14.2. The average molecular weight is 508 g/mol. The van der Waals surface area contributed by atoms with Crippen molar-refractivity contribution in [2.24, 2.45) is 11.8 Å². The van der Waals surface area contributed by atoms with E-state index in [2.05, 4.69) is 5.32 Å². The van der Waals surface area contributed by atoms with E-state index in [0.29, 0.717) is 17.7 Å². The number of ether oxygens (including phenoxy) is 1. The molecule has 0 aromatic heterocycles. The minimum absolute atomic E-state index is 0.166. The molecule has 5 rings (SSSR count). The van der Waals surface area contributed by atoms with E-state index in [1.807, 2.05) is 48.7 Å². The SMILES string of the molecule is CCOC(=O)CN1C(=O)[C@]2(N[C@H](CCSC)[C@H]3C(=O)N(Cc4ccccc4)C(=O)[C@H]32)c2ccccc21. The van der Waals surface area contributed by atoms with E-state index in [4.69, 9.17) is 4.74 Å². The van der Waals surface area contributed by atoms with Gasteiger partial charge in [0.05, 0.1) is 25.0 Å². The molecular formula is C27H29N3O5S. The second-order valence-electron chi connectivity index (χ2n) is 9.31. The molecule has 3 heterocycles. The Kier molecular flexibility index (Phi) is 6.61. The molecule has 3 aliphatic rings. The van der Waals surface area contributed by atoms with Gasteiger partial charge in [-0.3, -0.25) is 34.3 Å². The number of rotatable bonds is 8. The molecule has 8 nitrogen and oxygen atoms in total. The third kappa shape index (κ3) is 3.72. The Hall–Kier alpha value is -3.17. The van der Waals surface area contributed by atoms with E-state index in [-0.39, 0.29) is 43.5 Å². The summed E-state index contributed by atoms with van der Waals surface area (Å²) >= 11 is 1.65. The van der Waals surface area contributed by atoms with E-state index in [0.717, 1.165) is 11.3 Å². The summed E-state index contributed by atoms with van der Waals surface area (Å²) in [7, 11) is 0. The van der Waals surface area contributed by atoms with Crippen LogP contribution in [0.2, 0.25) is 0 Å². The molecule has 4 atom stereocenters. The fourth-order valence-electron chi connectivity index (χ4n) is 5.91. The predicted octanol–water partition coefficient (Wildman–Crippen LogP) is 2.32. The predicted molar refractivity (Wildman–Crippen MR) is 136 cm³/mol. The van der Waals surface area contributed by atoms with Gasteiger partial charge in [0.15, 0.2) is 0 Å². The second kappa shape index (κ2) is 9.71. The van der Waals surface area contributed by atoms with E-state index in [9.17, 15) is 19.2 Å². The summed E-state index contributed by atoms with van der Waals surface area (Å²) in [6.45, 7) is 1.83. The van der Waals surface area contributed by atoms with Crippen LogP contribution in [0.15, 0.2) is 54.6 Å². The van der Waals surface area contributed by atoms with Crippen LogP contribution in [-0.2, 0) is 36.0 Å². The Labute approximate surface area is 214 Å². The zero-order valence-electron chi connectivity index (χ0n) is 20.3. The van der Waals surface area contributed by atoms with Gasteiger partial charge in [-0.25, -0.2) is 0 Å². The summed E-state index contributed by atoms with van der Waals surface area (Å²) in [4.78, 5) is 57.0. The first-order valence-electron chi connectivity index (χ1n) is 12.2. The summed E-state index contributed by atoms with van der Waals surface area (Å²) in [5.74, 6) is -2.28. The highest BCUT2D eigenvalue weighted by Crippen LogP contribution is 2.55. The Morgan fingerprint density at radius 1 is 1.03 bits per heavy atom. The van der Waals surface area contributed by atoms with Gasteiger partial charge in [-0.1, -0.05) is 48.5 Å². The van der Waals surface area contributed by atoms with Crippen LogP contribution in [0.25, 0.3) is 0 Å². The van der Waals surface area contributed by atoms with Crippen LogP contribution in [-0.4, -0.2) is 59.8 Å². The van der Waals surface area contributed by atoms with Crippen LogP contribution < -0.4 is 10.2 Å². The number of nitrogens with zero attached hydrogens (tertiary/aromatic N) is 2. The van der Waals surface area contributed by atoms with Gasteiger partial charge >= 0.3 is 5.97 Å². The van der Waals surface area contributed by atoms with Crippen molar-refractivity contribution in [3.63, 3.8) is 0 Å². The molecule has 0 aliphatic carbocycles. The normalized spacial score (nSPS) is 26.6. The van der Waals surface area contributed by atoms with Crippen molar-refractivity contribution in [1.29, 1.82) is 0 Å². The van der Waals surface area contributed by atoms with Crippen molar-refractivity contribution in [2.75, 3.05) is 30.1 Å². The van der Waals surface area contributed by atoms with Gasteiger partial charge in [-0.2, -0.15) is 11.8 Å². The maximum atomic E-state index is 14.2. The molecule has 0 unspecified atom stereocenters. The number of hydrogen-bond donors (Lipinski definition) is 1. The van der Waals surface area contributed by atoms with Crippen molar-refractivity contribution in [2.45, 2.75) is 31.5 Å². The summed E-state index contributed by atoms with van der Waals surface area (Å²) in [5, 5.41) is 3.46. The number of amides is 3. The van der Waals surface area contributed by atoms with Gasteiger partial charge in [-0.05, 0) is 37.0 Å². The van der Waals surface area contributed by atoms with Crippen molar-refractivity contribution in [3.05, 3.63) is 65.7 Å². The number of esters is 1. The highest BCUT2D eigenvalue weighted by Gasteiger charge is 2.71. The molecule has 1 N–H and O–H groups in total. The molecule has 2 fully saturated rings. The number of carbonyl (C=O) groups excluding carboxylic acids is 4. The fraction of sp³-hybridized carbons (Fsp3) is 0.407. The monoisotopic (exact) mass is 507 g/mol. The molecule has 2 saturated heterocycles. The molecule has 2 aromatic carbocycles. The summed E-state index contributed by atoms with van der Waals surface area (Å²) < 4.78 is 5.12. The van der Waals surface area contributed by atoms with Crippen LogP contribution >= 0.6 is 11.8 Å². The molecule has 0 saturated carbocycles. The van der Waals surface area contributed by atoms with Gasteiger partial charge in [0.1, 0.15) is 12.1 Å². The average Bonchev–Trinajstić information content (AvgIpc) is 3.44. The Balaban J connectivity index is 1.58. The topological polar surface area (TPSA) is 96.0 Å². The highest BCUT2D eigenvalue weighted by molar-refractivity contribution is 7.98. The molecule has 9 heteroatoms. The fourth-order valence-corrected chi connectivity index (χ4v) is 6.40. The Morgan fingerprint density at radius 3 is 2.47 bits per heavy atom. The van der Waals surface area contributed by atoms with Crippen molar-refractivity contribution >= 4 is 41.1 Å². The molecule has 0 radical (unpaired) electrons. The zero-order valence-corrected chi connectivity index (χ0v) is 21.1. The van der Waals surface area contributed by atoms with Crippen molar-refractivity contribution < 1.29 is 23.9 Å².